The van der Waals surface area contributed by atoms with Gasteiger partial charge in [-0.1, -0.05) is 6.07 Å². The summed E-state index contributed by atoms with van der Waals surface area (Å²) in [7, 11) is 0. The summed E-state index contributed by atoms with van der Waals surface area (Å²) >= 11 is 0. The van der Waals surface area contributed by atoms with E-state index in [1.54, 1.807) is 24.3 Å². The predicted molar refractivity (Wildman–Crippen MR) is 79.2 cm³/mol. The largest absolute Gasteiger partial charge is 0.339 e. The zero-order valence-electron chi connectivity index (χ0n) is 11.3. The molecule has 2 aromatic carbocycles. The normalized spacial score (nSPS) is 10.3. The molecule has 110 valence electrons. The van der Waals surface area contributed by atoms with E-state index in [-0.39, 0.29) is 17.6 Å². The monoisotopic (exact) mass is 299 g/mol. The van der Waals surface area contributed by atoms with Crippen molar-refractivity contribution >= 4 is 23.1 Å². The van der Waals surface area contributed by atoms with Crippen LogP contribution in [-0.4, -0.2) is 15.2 Å². The van der Waals surface area contributed by atoms with Gasteiger partial charge in [0.15, 0.2) is 5.82 Å². The summed E-state index contributed by atoms with van der Waals surface area (Å²) in [5, 5.41) is 13.5. The van der Waals surface area contributed by atoms with Crippen molar-refractivity contribution < 1.29 is 8.78 Å². The van der Waals surface area contributed by atoms with Gasteiger partial charge in [0.25, 0.3) is 0 Å². The van der Waals surface area contributed by atoms with Crippen molar-refractivity contribution in [2.24, 2.45) is 0 Å². The van der Waals surface area contributed by atoms with E-state index in [1.807, 2.05) is 0 Å². The number of hydrogen-bond acceptors (Lipinski definition) is 5. The fourth-order valence-electron chi connectivity index (χ4n) is 1.79. The summed E-state index contributed by atoms with van der Waals surface area (Å²) in [6.45, 7) is 0. The second-order valence-electron chi connectivity index (χ2n) is 4.43. The summed E-state index contributed by atoms with van der Waals surface area (Å²) in [4.78, 5) is 4.20. The molecule has 0 aliphatic carbocycles. The Hall–Kier alpha value is -3.09. The molecule has 22 heavy (non-hydrogen) atoms. The van der Waals surface area contributed by atoms with Gasteiger partial charge in [0, 0.05) is 11.4 Å². The van der Waals surface area contributed by atoms with Gasteiger partial charge in [-0.3, -0.25) is 0 Å². The molecular weight excluding hydrogens is 288 g/mol. The number of halogens is 2. The third-order valence-corrected chi connectivity index (χ3v) is 2.76. The molecule has 0 bridgehead atoms. The van der Waals surface area contributed by atoms with Crippen LogP contribution in [0.2, 0.25) is 0 Å². The lowest BCUT2D eigenvalue weighted by molar-refractivity contribution is 0.627. The van der Waals surface area contributed by atoms with Gasteiger partial charge in [-0.2, -0.15) is 10.1 Å². The number of nitrogens with zero attached hydrogens (tertiary/aromatic N) is 3. The predicted octanol–water partition coefficient (Wildman–Crippen LogP) is 3.64. The maximum atomic E-state index is 13.1. The molecule has 3 aromatic rings. The number of rotatable bonds is 4. The van der Waals surface area contributed by atoms with Gasteiger partial charge < -0.3 is 10.6 Å². The quantitative estimate of drug-likeness (QED) is 0.770. The summed E-state index contributed by atoms with van der Waals surface area (Å²) in [6.07, 6.45) is 1.42. The molecule has 0 fully saturated rings. The van der Waals surface area contributed by atoms with Gasteiger partial charge in [-0.15, -0.1) is 5.10 Å². The van der Waals surface area contributed by atoms with E-state index >= 15 is 0 Å². The number of hydrogen-bond donors (Lipinski definition) is 2. The Balaban J connectivity index is 1.76. The fourth-order valence-corrected chi connectivity index (χ4v) is 1.79. The summed E-state index contributed by atoms with van der Waals surface area (Å²) in [6, 6.07) is 11.8. The maximum Gasteiger partial charge on any atom is 0.249 e. The molecule has 0 aliphatic heterocycles. The molecule has 0 aliphatic rings. The average molecular weight is 299 g/mol. The van der Waals surface area contributed by atoms with Crippen LogP contribution in [0.3, 0.4) is 0 Å². The van der Waals surface area contributed by atoms with E-state index in [4.69, 9.17) is 0 Å². The third-order valence-electron chi connectivity index (χ3n) is 2.76. The first kappa shape index (κ1) is 13.9. The van der Waals surface area contributed by atoms with Gasteiger partial charge in [0.05, 0.1) is 6.20 Å². The minimum Gasteiger partial charge on any atom is -0.339 e. The van der Waals surface area contributed by atoms with Crippen molar-refractivity contribution in [2.45, 2.75) is 0 Å². The molecule has 0 unspecified atom stereocenters. The summed E-state index contributed by atoms with van der Waals surface area (Å²) in [5.41, 5.74) is 1.18. The van der Waals surface area contributed by atoms with Crippen LogP contribution in [0.15, 0.2) is 54.7 Å². The molecule has 0 saturated carbocycles. The van der Waals surface area contributed by atoms with Crippen molar-refractivity contribution in [3.05, 3.63) is 66.4 Å². The van der Waals surface area contributed by atoms with Crippen LogP contribution in [0.4, 0.5) is 31.9 Å². The van der Waals surface area contributed by atoms with E-state index in [0.29, 0.717) is 17.2 Å². The Morgan fingerprint density at radius 3 is 2.41 bits per heavy atom. The zero-order valence-corrected chi connectivity index (χ0v) is 11.3. The molecule has 7 heteroatoms. The minimum absolute atomic E-state index is 0.244. The molecule has 1 heterocycles. The standard InChI is InChI=1S/C15H11F2N5/c16-10-4-6-12(7-5-10)20-15-21-14(9-18-22-15)19-13-3-1-2-11(17)8-13/h1-9H,(H2,19,20,21,22). The lowest BCUT2D eigenvalue weighted by atomic mass is 10.3. The van der Waals surface area contributed by atoms with Crippen molar-refractivity contribution in [2.75, 3.05) is 10.6 Å². The first-order valence-electron chi connectivity index (χ1n) is 6.44. The summed E-state index contributed by atoms with van der Waals surface area (Å²) in [5.74, 6) is -0.0268. The van der Waals surface area contributed by atoms with Crippen molar-refractivity contribution in [3.8, 4) is 0 Å². The highest BCUT2D eigenvalue weighted by molar-refractivity contribution is 5.58. The molecule has 1 aromatic heterocycles. The first-order valence-corrected chi connectivity index (χ1v) is 6.44. The van der Waals surface area contributed by atoms with E-state index in [1.165, 1.54) is 30.5 Å². The first-order chi connectivity index (χ1) is 10.7. The van der Waals surface area contributed by atoms with Crippen LogP contribution >= 0.6 is 0 Å². The lowest BCUT2D eigenvalue weighted by Gasteiger charge is -2.07. The Morgan fingerprint density at radius 1 is 0.818 bits per heavy atom. The van der Waals surface area contributed by atoms with Crippen LogP contribution in [0.1, 0.15) is 0 Å². The van der Waals surface area contributed by atoms with E-state index in [2.05, 4.69) is 25.8 Å². The molecule has 2 N–H and O–H groups in total. The van der Waals surface area contributed by atoms with Gasteiger partial charge in [-0.05, 0) is 42.5 Å². The molecule has 3 rings (SSSR count). The van der Waals surface area contributed by atoms with E-state index < -0.39 is 0 Å². The fraction of sp³-hybridized carbons (Fsp3) is 0. The third kappa shape index (κ3) is 3.51. The molecule has 0 radical (unpaired) electrons. The topological polar surface area (TPSA) is 62.7 Å². The number of anilines is 4. The Bertz CT molecular complexity index is 777. The van der Waals surface area contributed by atoms with Crippen molar-refractivity contribution in [1.29, 1.82) is 0 Å². The molecule has 0 saturated heterocycles. The average Bonchev–Trinajstić information content (AvgIpc) is 2.50. The van der Waals surface area contributed by atoms with Crippen LogP contribution in [0, 0.1) is 11.6 Å². The van der Waals surface area contributed by atoms with Gasteiger partial charge in [-0.25, -0.2) is 8.78 Å². The Kier molecular flexibility index (Phi) is 3.86. The highest BCUT2D eigenvalue weighted by Gasteiger charge is 2.03. The highest BCUT2D eigenvalue weighted by atomic mass is 19.1. The van der Waals surface area contributed by atoms with Gasteiger partial charge in [0.2, 0.25) is 5.95 Å². The number of nitrogens with one attached hydrogen (secondary N) is 2. The zero-order chi connectivity index (χ0) is 15.4. The van der Waals surface area contributed by atoms with Crippen molar-refractivity contribution in [3.63, 3.8) is 0 Å². The van der Waals surface area contributed by atoms with Crippen LogP contribution in [0.25, 0.3) is 0 Å². The molecular formula is C15H11F2N5. The Labute approximate surface area is 125 Å². The minimum atomic E-state index is -0.350. The van der Waals surface area contributed by atoms with Gasteiger partial charge in [0.1, 0.15) is 11.6 Å². The Morgan fingerprint density at radius 2 is 1.64 bits per heavy atom. The highest BCUT2D eigenvalue weighted by Crippen LogP contribution is 2.17. The number of aromatic nitrogens is 3. The van der Waals surface area contributed by atoms with Crippen LogP contribution < -0.4 is 10.6 Å². The van der Waals surface area contributed by atoms with E-state index in [0.717, 1.165) is 0 Å². The van der Waals surface area contributed by atoms with E-state index in [9.17, 15) is 8.78 Å². The molecule has 0 atom stereocenters. The molecule has 0 spiro atoms. The SMILES string of the molecule is Fc1ccc(Nc2nncc(Nc3cccc(F)c3)n2)cc1. The molecule has 5 nitrogen and oxygen atoms in total. The smallest absolute Gasteiger partial charge is 0.249 e. The van der Waals surface area contributed by atoms with Crippen LogP contribution in [-0.2, 0) is 0 Å². The number of benzene rings is 2. The second-order valence-corrected chi connectivity index (χ2v) is 4.43. The van der Waals surface area contributed by atoms with Crippen molar-refractivity contribution in [1.82, 2.24) is 15.2 Å². The van der Waals surface area contributed by atoms with Gasteiger partial charge >= 0.3 is 0 Å². The lowest BCUT2D eigenvalue weighted by Crippen LogP contribution is -2.02. The van der Waals surface area contributed by atoms with Crippen LogP contribution in [0.5, 0.6) is 0 Å². The second kappa shape index (κ2) is 6.13. The molecule has 0 amide bonds. The summed E-state index contributed by atoms with van der Waals surface area (Å²) < 4.78 is 26.0. The maximum absolute atomic E-state index is 13.1.